The maximum absolute atomic E-state index is 12.5. The number of anilines is 3. The topological polar surface area (TPSA) is 104 Å². The SMILES string of the molecule is CCC(=O)Nc1ccc(C(=O)Nc2nnc(C3CC(=O)N(c4cccc(C)c4)C3)s2)cc1. The predicted molar refractivity (Wildman–Crippen MR) is 124 cm³/mol. The molecule has 1 aromatic heterocycles. The van der Waals surface area contributed by atoms with Crippen molar-refractivity contribution in [2.75, 3.05) is 22.1 Å². The van der Waals surface area contributed by atoms with Crippen LogP contribution < -0.4 is 15.5 Å². The summed E-state index contributed by atoms with van der Waals surface area (Å²) in [6.07, 6.45) is 0.748. The van der Waals surface area contributed by atoms with Crippen molar-refractivity contribution in [1.82, 2.24) is 10.2 Å². The summed E-state index contributed by atoms with van der Waals surface area (Å²) in [6.45, 7) is 4.31. The van der Waals surface area contributed by atoms with Crippen LogP contribution in [-0.4, -0.2) is 34.5 Å². The number of aromatic nitrogens is 2. The summed E-state index contributed by atoms with van der Waals surface area (Å²) >= 11 is 1.28. The average molecular weight is 450 g/mol. The summed E-state index contributed by atoms with van der Waals surface area (Å²) in [7, 11) is 0. The molecule has 3 aromatic rings. The first-order valence-corrected chi connectivity index (χ1v) is 11.2. The minimum absolute atomic E-state index is 0.0524. The second-order valence-corrected chi connectivity index (χ2v) is 8.63. The van der Waals surface area contributed by atoms with Gasteiger partial charge in [0.05, 0.1) is 0 Å². The lowest BCUT2D eigenvalue weighted by Crippen LogP contribution is -2.24. The molecular formula is C23H23N5O3S. The Morgan fingerprint density at radius 1 is 1.12 bits per heavy atom. The van der Waals surface area contributed by atoms with E-state index in [4.69, 9.17) is 0 Å². The highest BCUT2D eigenvalue weighted by atomic mass is 32.1. The van der Waals surface area contributed by atoms with Crippen LogP contribution in [0.15, 0.2) is 48.5 Å². The molecule has 32 heavy (non-hydrogen) atoms. The van der Waals surface area contributed by atoms with E-state index in [1.807, 2.05) is 31.2 Å². The van der Waals surface area contributed by atoms with E-state index in [-0.39, 0.29) is 23.6 Å². The van der Waals surface area contributed by atoms with E-state index in [1.165, 1.54) is 11.3 Å². The van der Waals surface area contributed by atoms with Gasteiger partial charge in [-0.2, -0.15) is 0 Å². The van der Waals surface area contributed by atoms with Gasteiger partial charge in [-0.15, -0.1) is 10.2 Å². The van der Waals surface area contributed by atoms with Gasteiger partial charge in [-0.25, -0.2) is 0 Å². The van der Waals surface area contributed by atoms with Gasteiger partial charge in [0.2, 0.25) is 16.9 Å². The van der Waals surface area contributed by atoms with Crippen LogP contribution in [0.4, 0.5) is 16.5 Å². The van der Waals surface area contributed by atoms with Gasteiger partial charge >= 0.3 is 0 Å². The highest BCUT2D eigenvalue weighted by molar-refractivity contribution is 7.15. The molecule has 2 aromatic carbocycles. The summed E-state index contributed by atoms with van der Waals surface area (Å²) < 4.78 is 0. The summed E-state index contributed by atoms with van der Waals surface area (Å²) in [5.41, 5.74) is 3.06. The van der Waals surface area contributed by atoms with E-state index in [0.717, 1.165) is 16.3 Å². The molecular weight excluding hydrogens is 426 g/mol. The fraction of sp³-hybridized carbons (Fsp3) is 0.261. The first-order valence-electron chi connectivity index (χ1n) is 10.3. The van der Waals surface area contributed by atoms with Gasteiger partial charge < -0.3 is 10.2 Å². The number of carbonyl (C=O) groups is 3. The second-order valence-electron chi connectivity index (χ2n) is 7.62. The maximum atomic E-state index is 12.5. The van der Waals surface area contributed by atoms with Crippen LogP contribution in [0, 0.1) is 6.92 Å². The lowest BCUT2D eigenvalue weighted by Gasteiger charge is -2.16. The minimum Gasteiger partial charge on any atom is -0.326 e. The third kappa shape index (κ3) is 4.83. The maximum Gasteiger partial charge on any atom is 0.257 e. The number of carbonyl (C=O) groups excluding carboxylic acids is 3. The molecule has 2 N–H and O–H groups in total. The first-order chi connectivity index (χ1) is 15.4. The van der Waals surface area contributed by atoms with Crippen molar-refractivity contribution in [2.45, 2.75) is 32.6 Å². The molecule has 0 spiro atoms. The Kier molecular flexibility index (Phi) is 6.27. The van der Waals surface area contributed by atoms with E-state index in [0.29, 0.717) is 35.8 Å². The third-order valence-electron chi connectivity index (χ3n) is 5.20. The van der Waals surface area contributed by atoms with Crippen LogP contribution in [0.1, 0.15) is 46.6 Å². The van der Waals surface area contributed by atoms with Crippen molar-refractivity contribution in [3.05, 3.63) is 64.7 Å². The predicted octanol–water partition coefficient (Wildman–Crippen LogP) is 3.97. The summed E-state index contributed by atoms with van der Waals surface area (Å²) in [4.78, 5) is 38.3. The number of aryl methyl sites for hydroxylation is 1. The van der Waals surface area contributed by atoms with Crippen LogP contribution in [-0.2, 0) is 9.59 Å². The molecule has 0 bridgehead atoms. The Hall–Kier alpha value is -3.59. The van der Waals surface area contributed by atoms with Crippen molar-refractivity contribution >= 4 is 45.6 Å². The Labute approximate surface area is 189 Å². The molecule has 164 valence electrons. The Morgan fingerprint density at radius 2 is 1.91 bits per heavy atom. The fourth-order valence-corrected chi connectivity index (χ4v) is 4.32. The molecule has 0 radical (unpaired) electrons. The molecule has 9 heteroatoms. The summed E-state index contributed by atoms with van der Waals surface area (Å²) in [6, 6.07) is 14.5. The summed E-state index contributed by atoms with van der Waals surface area (Å²) in [5.74, 6) is -0.413. The van der Waals surface area contributed by atoms with Gasteiger partial charge in [0.1, 0.15) is 5.01 Å². The van der Waals surface area contributed by atoms with E-state index in [1.54, 1.807) is 36.1 Å². The Bertz CT molecular complexity index is 1160. The minimum atomic E-state index is -0.315. The average Bonchev–Trinajstić information content (AvgIpc) is 3.40. The fourth-order valence-electron chi connectivity index (χ4n) is 3.49. The van der Waals surface area contributed by atoms with E-state index in [2.05, 4.69) is 20.8 Å². The van der Waals surface area contributed by atoms with Gasteiger partial charge in [-0.05, 0) is 48.9 Å². The van der Waals surface area contributed by atoms with Gasteiger partial charge in [-0.1, -0.05) is 30.4 Å². The molecule has 1 atom stereocenters. The molecule has 1 aliphatic rings. The molecule has 1 saturated heterocycles. The molecule has 4 rings (SSSR count). The Balaban J connectivity index is 1.39. The van der Waals surface area contributed by atoms with Crippen LogP contribution in [0.2, 0.25) is 0 Å². The normalized spacial score (nSPS) is 15.6. The number of hydrogen-bond acceptors (Lipinski definition) is 6. The summed E-state index contributed by atoms with van der Waals surface area (Å²) in [5, 5.41) is 14.9. The van der Waals surface area contributed by atoms with Gasteiger partial charge in [0.15, 0.2) is 0 Å². The molecule has 3 amide bonds. The smallest absolute Gasteiger partial charge is 0.257 e. The monoisotopic (exact) mass is 449 g/mol. The molecule has 1 aliphatic heterocycles. The number of benzene rings is 2. The van der Waals surface area contributed by atoms with Crippen LogP contribution in [0.5, 0.6) is 0 Å². The van der Waals surface area contributed by atoms with Crippen LogP contribution in [0.3, 0.4) is 0 Å². The number of rotatable bonds is 6. The third-order valence-corrected chi connectivity index (χ3v) is 6.20. The molecule has 0 saturated carbocycles. The number of nitrogens with zero attached hydrogens (tertiary/aromatic N) is 3. The highest BCUT2D eigenvalue weighted by Crippen LogP contribution is 2.34. The van der Waals surface area contributed by atoms with E-state index >= 15 is 0 Å². The van der Waals surface area contributed by atoms with Crippen molar-refractivity contribution < 1.29 is 14.4 Å². The largest absolute Gasteiger partial charge is 0.326 e. The van der Waals surface area contributed by atoms with Crippen LogP contribution >= 0.6 is 11.3 Å². The lowest BCUT2D eigenvalue weighted by atomic mass is 10.1. The molecule has 2 heterocycles. The van der Waals surface area contributed by atoms with Crippen molar-refractivity contribution in [2.24, 2.45) is 0 Å². The molecule has 0 aliphatic carbocycles. The number of nitrogens with one attached hydrogen (secondary N) is 2. The number of amides is 3. The highest BCUT2D eigenvalue weighted by Gasteiger charge is 2.34. The zero-order valence-corrected chi connectivity index (χ0v) is 18.6. The lowest BCUT2D eigenvalue weighted by molar-refractivity contribution is -0.117. The zero-order chi connectivity index (χ0) is 22.7. The molecule has 8 nitrogen and oxygen atoms in total. The van der Waals surface area contributed by atoms with Gasteiger partial charge in [0.25, 0.3) is 5.91 Å². The molecule has 1 fully saturated rings. The quantitative estimate of drug-likeness (QED) is 0.593. The molecule has 1 unspecified atom stereocenters. The van der Waals surface area contributed by atoms with Gasteiger partial charge in [0, 0.05) is 42.2 Å². The van der Waals surface area contributed by atoms with E-state index < -0.39 is 0 Å². The van der Waals surface area contributed by atoms with Crippen molar-refractivity contribution in [3.63, 3.8) is 0 Å². The van der Waals surface area contributed by atoms with Crippen LogP contribution in [0.25, 0.3) is 0 Å². The second kappa shape index (κ2) is 9.27. The zero-order valence-electron chi connectivity index (χ0n) is 17.8. The van der Waals surface area contributed by atoms with Gasteiger partial charge in [-0.3, -0.25) is 19.7 Å². The number of hydrogen-bond donors (Lipinski definition) is 2. The van der Waals surface area contributed by atoms with Crippen molar-refractivity contribution in [1.29, 1.82) is 0 Å². The standard InChI is InChI=1S/C23H23N5O3S/c1-3-19(29)24-17-9-7-15(8-10-17)21(31)25-23-27-26-22(32-23)16-12-20(30)28(13-16)18-6-4-5-14(2)11-18/h4-11,16H,3,12-13H2,1-2H3,(H,24,29)(H,25,27,31). The van der Waals surface area contributed by atoms with E-state index in [9.17, 15) is 14.4 Å². The van der Waals surface area contributed by atoms with Crippen molar-refractivity contribution in [3.8, 4) is 0 Å². The Morgan fingerprint density at radius 3 is 2.62 bits per heavy atom. The first kappa shape index (κ1) is 21.6.